The molecule has 0 saturated heterocycles. The number of ether oxygens (including phenoxy) is 2. The van der Waals surface area contributed by atoms with Crippen LogP contribution >= 0.6 is 0 Å². The normalized spacial score (nSPS) is 16.5. The van der Waals surface area contributed by atoms with Crippen molar-refractivity contribution in [1.82, 2.24) is 9.29 Å². The van der Waals surface area contributed by atoms with Crippen molar-refractivity contribution in [2.75, 3.05) is 37.5 Å². The second kappa shape index (κ2) is 12.2. The quantitative estimate of drug-likeness (QED) is 0.366. The van der Waals surface area contributed by atoms with E-state index < -0.39 is 28.1 Å². The summed E-state index contributed by atoms with van der Waals surface area (Å²) in [6.07, 6.45) is 2.49. The van der Waals surface area contributed by atoms with Crippen LogP contribution in [0.1, 0.15) is 23.2 Å². The third kappa shape index (κ3) is 6.81. The van der Waals surface area contributed by atoms with Crippen molar-refractivity contribution in [3.8, 4) is 5.75 Å². The van der Waals surface area contributed by atoms with Gasteiger partial charge in [0.05, 0.1) is 18.8 Å². The minimum Gasteiger partial charge on any atom is -0.491 e. The zero-order chi connectivity index (χ0) is 28.0. The molecule has 1 aliphatic rings. The Bertz CT molecular complexity index is 1360. The van der Waals surface area contributed by atoms with Gasteiger partial charge in [-0.2, -0.15) is 17.5 Å². The van der Waals surface area contributed by atoms with E-state index in [-0.39, 0.29) is 26.3 Å². The number of fused-ring (bicyclic) bond motifs is 1. The number of sulfonamides is 1. The van der Waals surface area contributed by atoms with Gasteiger partial charge in [-0.1, -0.05) is 36.4 Å². The van der Waals surface area contributed by atoms with Gasteiger partial charge in [0.25, 0.3) is 0 Å². The molecule has 0 unspecified atom stereocenters. The van der Waals surface area contributed by atoms with E-state index in [1.165, 1.54) is 7.11 Å². The molecule has 210 valence electrons. The maximum Gasteiger partial charge on any atom is 0.511 e. The van der Waals surface area contributed by atoms with Crippen LogP contribution < -0.4 is 15.4 Å². The maximum atomic E-state index is 13.8. The van der Waals surface area contributed by atoms with Crippen molar-refractivity contribution in [1.29, 1.82) is 0 Å². The van der Waals surface area contributed by atoms with Crippen molar-refractivity contribution in [3.05, 3.63) is 83.7 Å². The summed E-state index contributed by atoms with van der Waals surface area (Å²) < 4.78 is 78.4. The van der Waals surface area contributed by atoms with Crippen molar-refractivity contribution in [3.63, 3.8) is 0 Å². The molecule has 12 heteroatoms. The van der Waals surface area contributed by atoms with E-state index >= 15 is 0 Å². The Morgan fingerprint density at radius 1 is 1.08 bits per heavy atom. The van der Waals surface area contributed by atoms with Crippen LogP contribution in [0.25, 0.3) is 0 Å². The van der Waals surface area contributed by atoms with Crippen LogP contribution in [0.5, 0.6) is 5.75 Å². The highest BCUT2D eigenvalue weighted by molar-refractivity contribution is 7.89. The highest BCUT2D eigenvalue weighted by Crippen LogP contribution is 2.39. The number of anilines is 2. The molecule has 0 bridgehead atoms. The average molecular weight is 565 g/mol. The highest BCUT2D eigenvalue weighted by Gasteiger charge is 2.51. The number of aryl methyl sites for hydroxylation is 1. The van der Waals surface area contributed by atoms with E-state index in [1.54, 1.807) is 36.5 Å². The number of hydrogen-bond donors (Lipinski definition) is 1. The lowest BCUT2D eigenvalue weighted by molar-refractivity contribution is -0.0492. The molecular weight excluding hydrogens is 533 g/mol. The molecule has 2 N–H and O–H groups in total. The Morgan fingerprint density at radius 3 is 2.54 bits per heavy atom. The second-order valence-electron chi connectivity index (χ2n) is 9.22. The van der Waals surface area contributed by atoms with Crippen LogP contribution in [0.2, 0.25) is 0 Å². The molecule has 0 aliphatic carbocycles. The van der Waals surface area contributed by atoms with E-state index in [2.05, 4.69) is 4.98 Å². The number of rotatable bonds is 10. The third-order valence-electron chi connectivity index (χ3n) is 6.57. The Hall–Kier alpha value is -3.35. The van der Waals surface area contributed by atoms with Gasteiger partial charge in [0.15, 0.2) is 0 Å². The van der Waals surface area contributed by atoms with Gasteiger partial charge in [-0.15, -0.1) is 0 Å². The number of hydrogen-bond acceptors (Lipinski definition) is 7. The Balaban J connectivity index is 1.82. The second-order valence-corrected chi connectivity index (χ2v) is 11.2. The minimum atomic E-state index is -5.64. The fourth-order valence-electron chi connectivity index (χ4n) is 4.65. The Kier molecular flexibility index (Phi) is 8.98. The number of alkyl halides is 3. The van der Waals surface area contributed by atoms with Crippen LogP contribution in [0, 0.1) is 0 Å². The lowest BCUT2D eigenvalue weighted by Gasteiger charge is -2.34. The molecule has 39 heavy (non-hydrogen) atoms. The van der Waals surface area contributed by atoms with Gasteiger partial charge >= 0.3 is 15.5 Å². The predicted molar refractivity (Wildman–Crippen MR) is 143 cm³/mol. The molecule has 2 aromatic carbocycles. The maximum absolute atomic E-state index is 13.8. The highest BCUT2D eigenvalue weighted by atomic mass is 32.2. The molecule has 3 aromatic rings. The number of nitrogen functional groups attached to an aromatic ring is 1. The summed E-state index contributed by atoms with van der Waals surface area (Å²) >= 11 is 0. The van der Waals surface area contributed by atoms with Crippen LogP contribution in [-0.2, 0) is 34.3 Å². The number of nitrogens with zero attached hydrogens (tertiary/aromatic N) is 3. The molecule has 0 amide bonds. The van der Waals surface area contributed by atoms with E-state index in [0.29, 0.717) is 45.5 Å². The first kappa shape index (κ1) is 28.7. The van der Waals surface area contributed by atoms with Crippen molar-refractivity contribution < 1.29 is 31.1 Å². The Morgan fingerprint density at radius 2 is 1.85 bits per heavy atom. The lowest BCUT2D eigenvalue weighted by atomic mass is 10.0. The topological polar surface area (TPSA) is 98.0 Å². The van der Waals surface area contributed by atoms with Crippen molar-refractivity contribution >= 4 is 21.4 Å². The van der Waals surface area contributed by atoms with Crippen LogP contribution in [0.4, 0.5) is 24.5 Å². The molecule has 1 aliphatic heterocycles. The van der Waals surface area contributed by atoms with Crippen LogP contribution in [-0.4, -0.2) is 56.1 Å². The van der Waals surface area contributed by atoms with Gasteiger partial charge in [0, 0.05) is 49.4 Å². The molecule has 2 heterocycles. The van der Waals surface area contributed by atoms with Gasteiger partial charge < -0.3 is 20.1 Å². The van der Waals surface area contributed by atoms with E-state index in [4.69, 9.17) is 15.2 Å². The number of methoxy groups -OCH3 is 1. The summed E-state index contributed by atoms with van der Waals surface area (Å²) in [6, 6.07) is 17.4. The summed E-state index contributed by atoms with van der Waals surface area (Å²) in [5.41, 5.74) is 3.53. The lowest BCUT2D eigenvalue weighted by Crippen LogP contribution is -2.47. The number of benzene rings is 2. The van der Waals surface area contributed by atoms with Gasteiger partial charge in [-0.3, -0.25) is 4.98 Å². The van der Waals surface area contributed by atoms with Gasteiger partial charge in [-0.05, 0) is 42.7 Å². The first-order valence-corrected chi connectivity index (χ1v) is 13.8. The Labute approximate surface area is 226 Å². The summed E-state index contributed by atoms with van der Waals surface area (Å²) in [4.78, 5) is 6.31. The summed E-state index contributed by atoms with van der Waals surface area (Å²) in [5.74, 6) is 0.293. The van der Waals surface area contributed by atoms with Crippen molar-refractivity contribution in [2.24, 2.45) is 0 Å². The van der Waals surface area contributed by atoms with Gasteiger partial charge in [-0.25, -0.2) is 8.42 Å². The van der Waals surface area contributed by atoms with Crippen LogP contribution in [0.3, 0.4) is 0 Å². The smallest absolute Gasteiger partial charge is 0.491 e. The molecule has 0 saturated carbocycles. The average Bonchev–Trinajstić information content (AvgIpc) is 3.05. The van der Waals surface area contributed by atoms with E-state index in [1.807, 2.05) is 35.2 Å². The third-order valence-corrected chi connectivity index (χ3v) is 8.11. The first-order valence-electron chi connectivity index (χ1n) is 12.4. The number of aromatic nitrogens is 1. The van der Waals surface area contributed by atoms with E-state index in [9.17, 15) is 21.6 Å². The zero-order valence-electron chi connectivity index (χ0n) is 21.5. The monoisotopic (exact) mass is 564 g/mol. The number of halogens is 3. The standard InChI is InChI=1S/C27H31F3N4O4S/c1-37-14-15-38-26-9-5-8-25-24(26)19-33(39(35,36)27(28,29)30)18-23(11-10-20-6-3-2-4-7-20)34(25)17-22-16-21(31)12-13-32-22/h2-9,12-13,16,23H,10-11,14-15,17-19H2,1H3,(H2,31,32)/t23-/m1/s1. The molecule has 8 nitrogen and oxygen atoms in total. The SMILES string of the molecule is COCCOc1cccc2c1CN(S(=O)(=O)C(F)(F)F)C[C@@H](CCc1ccccc1)N2Cc1cc(N)ccn1. The van der Waals surface area contributed by atoms with E-state index in [0.717, 1.165) is 5.56 Å². The molecule has 0 radical (unpaired) electrons. The minimum absolute atomic E-state index is 0.146. The van der Waals surface area contributed by atoms with Crippen molar-refractivity contribution in [2.45, 2.75) is 37.5 Å². The summed E-state index contributed by atoms with van der Waals surface area (Å²) in [6.45, 7) is -0.261. The first-order chi connectivity index (χ1) is 18.6. The summed E-state index contributed by atoms with van der Waals surface area (Å²) in [7, 11) is -4.13. The fraction of sp³-hybridized carbons (Fsp3) is 0.370. The summed E-state index contributed by atoms with van der Waals surface area (Å²) in [5, 5.41) is 0. The number of pyridine rings is 1. The molecule has 0 spiro atoms. The van der Waals surface area contributed by atoms with Gasteiger partial charge in [0.2, 0.25) is 0 Å². The predicted octanol–water partition coefficient (Wildman–Crippen LogP) is 4.36. The molecule has 4 rings (SSSR count). The molecule has 0 fully saturated rings. The zero-order valence-corrected chi connectivity index (χ0v) is 22.3. The van der Waals surface area contributed by atoms with Crippen LogP contribution in [0.15, 0.2) is 66.9 Å². The molecule has 1 atom stereocenters. The molecule has 1 aromatic heterocycles. The molecular formula is C27H31F3N4O4S. The fourth-order valence-corrected chi connectivity index (χ4v) is 5.61. The number of nitrogens with two attached hydrogens (primary N) is 1. The largest absolute Gasteiger partial charge is 0.511 e. The van der Waals surface area contributed by atoms with Gasteiger partial charge in [0.1, 0.15) is 12.4 Å².